The van der Waals surface area contributed by atoms with Crippen LogP contribution in [0, 0.1) is 0 Å². The Morgan fingerprint density at radius 3 is 2.48 bits per heavy atom. The first-order valence-corrected chi connectivity index (χ1v) is 10.9. The smallest absolute Gasteiger partial charge is 0.275 e. The quantitative estimate of drug-likeness (QED) is 0.576. The van der Waals surface area contributed by atoms with Gasteiger partial charge in [0.05, 0.1) is 19.8 Å². The van der Waals surface area contributed by atoms with Crippen molar-refractivity contribution in [1.29, 1.82) is 0 Å². The van der Waals surface area contributed by atoms with Crippen LogP contribution in [0.3, 0.4) is 0 Å². The number of ether oxygens (including phenoxy) is 1. The Labute approximate surface area is 194 Å². The van der Waals surface area contributed by atoms with E-state index in [-0.39, 0.29) is 18.1 Å². The molecule has 1 aliphatic rings. The standard InChI is InChI=1S/C21H20Cl3N5O2/c22-16-9-14(10-17(23)11-16)13-29-21(28-5-7-31-8-6-28)19(26-27-29)20(30)25-12-15-3-1-2-4-18(15)24/h1-4,9-11H,5-8,12-13H2,(H,25,30). The lowest BCUT2D eigenvalue weighted by molar-refractivity contribution is 0.0944. The largest absolute Gasteiger partial charge is 0.378 e. The summed E-state index contributed by atoms with van der Waals surface area (Å²) in [7, 11) is 0. The van der Waals surface area contributed by atoms with Crippen molar-refractivity contribution in [3.63, 3.8) is 0 Å². The van der Waals surface area contributed by atoms with E-state index >= 15 is 0 Å². The molecular weight excluding hydrogens is 461 g/mol. The molecule has 1 fully saturated rings. The van der Waals surface area contributed by atoms with Crippen LogP contribution in [0.4, 0.5) is 5.82 Å². The molecule has 0 radical (unpaired) electrons. The molecule has 2 heterocycles. The lowest BCUT2D eigenvalue weighted by Gasteiger charge is -2.29. The van der Waals surface area contributed by atoms with Gasteiger partial charge in [-0.2, -0.15) is 0 Å². The average Bonchev–Trinajstić information content (AvgIpc) is 3.16. The minimum absolute atomic E-state index is 0.252. The Bertz CT molecular complexity index is 1060. The molecule has 0 unspecified atom stereocenters. The highest BCUT2D eigenvalue weighted by molar-refractivity contribution is 6.34. The van der Waals surface area contributed by atoms with Gasteiger partial charge >= 0.3 is 0 Å². The number of carbonyl (C=O) groups is 1. The number of aromatic nitrogens is 3. The second-order valence-electron chi connectivity index (χ2n) is 7.07. The van der Waals surface area contributed by atoms with E-state index in [0.717, 1.165) is 11.1 Å². The van der Waals surface area contributed by atoms with Crippen LogP contribution in [0.5, 0.6) is 0 Å². The monoisotopic (exact) mass is 479 g/mol. The maximum Gasteiger partial charge on any atom is 0.275 e. The third-order valence-electron chi connectivity index (χ3n) is 4.89. The van der Waals surface area contributed by atoms with Crippen molar-refractivity contribution in [1.82, 2.24) is 20.3 Å². The number of hydrogen-bond donors (Lipinski definition) is 1. The normalized spacial score (nSPS) is 14.0. The Morgan fingerprint density at radius 2 is 1.77 bits per heavy atom. The van der Waals surface area contributed by atoms with Gasteiger partial charge in [0.15, 0.2) is 11.5 Å². The maximum atomic E-state index is 13.0. The fourth-order valence-corrected chi connectivity index (χ4v) is 4.20. The van der Waals surface area contributed by atoms with Crippen LogP contribution in [0.25, 0.3) is 0 Å². The molecule has 2 aromatic carbocycles. The van der Waals surface area contributed by atoms with Gasteiger partial charge in [0, 0.05) is 34.7 Å². The number of nitrogens with zero attached hydrogens (tertiary/aromatic N) is 4. The highest BCUT2D eigenvalue weighted by Gasteiger charge is 2.26. The summed E-state index contributed by atoms with van der Waals surface area (Å²) < 4.78 is 7.16. The number of halogens is 3. The first-order valence-electron chi connectivity index (χ1n) is 9.74. The zero-order valence-electron chi connectivity index (χ0n) is 16.5. The number of anilines is 1. The van der Waals surface area contributed by atoms with Gasteiger partial charge in [0.2, 0.25) is 0 Å². The number of nitrogens with one attached hydrogen (secondary N) is 1. The Morgan fingerprint density at radius 1 is 1.06 bits per heavy atom. The summed E-state index contributed by atoms with van der Waals surface area (Å²) in [4.78, 5) is 15.1. The van der Waals surface area contributed by atoms with Crippen LogP contribution < -0.4 is 10.2 Å². The zero-order valence-corrected chi connectivity index (χ0v) is 18.8. The van der Waals surface area contributed by atoms with Crippen molar-refractivity contribution < 1.29 is 9.53 Å². The molecule has 7 nitrogen and oxygen atoms in total. The summed E-state index contributed by atoms with van der Waals surface area (Å²) in [5, 5.41) is 13.0. The van der Waals surface area contributed by atoms with Crippen LogP contribution in [-0.4, -0.2) is 47.2 Å². The summed E-state index contributed by atoms with van der Waals surface area (Å²) in [5.41, 5.74) is 1.94. The van der Waals surface area contributed by atoms with E-state index < -0.39 is 0 Å². The first-order chi connectivity index (χ1) is 15.0. The molecule has 1 aliphatic heterocycles. The van der Waals surface area contributed by atoms with Gasteiger partial charge < -0.3 is 15.0 Å². The topological polar surface area (TPSA) is 72.3 Å². The predicted octanol–water partition coefficient (Wildman–Crippen LogP) is 4.05. The van der Waals surface area contributed by atoms with E-state index in [9.17, 15) is 4.79 Å². The highest BCUT2D eigenvalue weighted by Crippen LogP contribution is 2.24. The van der Waals surface area contributed by atoms with Crippen LogP contribution in [0.15, 0.2) is 42.5 Å². The number of morpholine rings is 1. The molecule has 1 amide bonds. The van der Waals surface area contributed by atoms with Gasteiger partial charge in [-0.1, -0.05) is 58.2 Å². The highest BCUT2D eigenvalue weighted by atomic mass is 35.5. The Kier molecular flexibility index (Phi) is 6.97. The summed E-state index contributed by atoms with van der Waals surface area (Å²) in [5.74, 6) is 0.313. The zero-order chi connectivity index (χ0) is 21.8. The van der Waals surface area contributed by atoms with E-state index in [1.807, 2.05) is 30.3 Å². The second kappa shape index (κ2) is 9.87. The molecule has 31 heavy (non-hydrogen) atoms. The van der Waals surface area contributed by atoms with Gasteiger partial charge in [-0.3, -0.25) is 4.79 Å². The average molecular weight is 481 g/mol. The van der Waals surface area contributed by atoms with Crippen LogP contribution in [0.1, 0.15) is 21.6 Å². The van der Waals surface area contributed by atoms with Crippen LogP contribution in [0.2, 0.25) is 15.1 Å². The molecule has 3 aromatic rings. The molecule has 1 saturated heterocycles. The molecule has 0 spiro atoms. The molecule has 0 atom stereocenters. The number of carbonyl (C=O) groups excluding carboxylic acids is 1. The number of amides is 1. The molecule has 0 saturated carbocycles. The van der Waals surface area contributed by atoms with E-state index in [1.54, 1.807) is 16.8 Å². The molecule has 1 aromatic heterocycles. The lowest BCUT2D eigenvalue weighted by Crippen LogP contribution is -2.39. The van der Waals surface area contributed by atoms with Gasteiger partial charge in [-0.25, -0.2) is 4.68 Å². The third kappa shape index (κ3) is 5.30. The van der Waals surface area contributed by atoms with Gasteiger partial charge in [-0.05, 0) is 35.4 Å². The lowest BCUT2D eigenvalue weighted by atomic mass is 10.2. The first kappa shape index (κ1) is 21.9. The summed E-state index contributed by atoms with van der Waals surface area (Å²) >= 11 is 18.5. The molecule has 4 rings (SSSR count). The third-order valence-corrected chi connectivity index (χ3v) is 5.69. The predicted molar refractivity (Wildman–Crippen MR) is 121 cm³/mol. The van der Waals surface area contributed by atoms with E-state index in [1.165, 1.54) is 0 Å². The molecule has 0 bridgehead atoms. The number of benzene rings is 2. The van der Waals surface area contributed by atoms with Crippen molar-refractivity contribution in [2.75, 3.05) is 31.2 Å². The minimum atomic E-state index is -0.322. The van der Waals surface area contributed by atoms with Crippen molar-refractivity contribution >= 4 is 46.5 Å². The van der Waals surface area contributed by atoms with Crippen molar-refractivity contribution in [2.24, 2.45) is 0 Å². The van der Waals surface area contributed by atoms with Crippen LogP contribution >= 0.6 is 34.8 Å². The minimum Gasteiger partial charge on any atom is -0.378 e. The van der Waals surface area contributed by atoms with E-state index in [4.69, 9.17) is 39.5 Å². The van der Waals surface area contributed by atoms with Crippen molar-refractivity contribution in [2.45, 2.75) is 13.1 Å². The maximum absolute atomic E-state index is 13.0. The second-order valence-corrected chi connectivity index (χ2v) is 8.35. The molecule has 1 N–H and O–H groups in total. The van der Waals surface area contributed by atoms with Crippen molar-refractivity contribution in [3.8, 4) is 0 Å². The molecule has 162 valence electrons. The van der Waals surface area contributed by atoms with Gasteiger partial charge in [-0.15, -0.1) is 5.10 Å². The summed E-state index contributed by atoms with van der Waals surface area (Å²) in [6.07, 6.45) is 0. The number of hydrogen-bond acceptors (Lipinski definition) is 5. The Hall–Kier alpha value is -2.32. The molecular formula is C21H20Cl3N5O2. The summed E-state index contributed by atoms with van der Waals surface area (Å²) in [6.45, 7) is 3.06. The van der Waals surface area contributed by atoms with E-state index in [2.05, 4.69) is 20.5 Å². The fraction of sp³-hybridized carbons (Fsp3) is 0.286. The fourth-order valence-electron chi connectivity index (χ4n) is 3.43. The molecule has 0 aliphatic carbocycles. The van der Waals surface area contributed by atoms with Gasteiger partial charge in [0.25, 0.3) is 5.91 Å². The van der Waals surface area contributed by atoms with Crippen molar-refractivity contribution in [3.05, 3.63) is 74.4 Å². The van der Waals surface area contributed by atoms with Gasteiger partial charge in [0.1, 0.15) is 0 Å². The SMILES string of the molecule is O=C(NCc1ccccc1Cl)c1nnn(Cc2cc(Cl)cc(Cl)c2)c1N1CCOCC1. The van der Waals surface area contributed by atoms with Crippen LogP contribution in [-0.2, 0) is 17.8 Å². The molecule has 10 heteroatoms. The summed E-state index contributed by atoms with van der Waals surface area (Å²) in [6, 6.07) is 12.7. The van der Waals surface area contributed by atoms with E-state index in [0.29, 0.717) is 53.7 Å². The Balaban J connectivity index is 1.60. The number of rotatable bonds is 6.